The summed E-state index contributed by atoms with van der Waals surface area (Å²) in [6.07, 6.45) is 2.01. The minimum absolute atomic E-state index is 0.0353. The molecular weight excluding hydrogens is 314 g/mol. The Bertz CT molecular complexity index is 812. The van der Waals surface area contributed by atoms with Crippen molar-refractivity contribution in [1.29, 1.82) is 0 Å². The first-order chi connectivity index (χ1) is 12.1. The Labute approximate surface area is 147 Å². The van der Waals surface area contributed by atoms with Gasteiger partial charge in [-0.15, -0.1) is 0 Å². The number of aromatic hydroxyl groups is 1. The first-order valence-corrected chi connectivity index (χ1v) is 8.49. The summed E-state index contributed by atoms with van der Waals surface area (Å²) in [6.45, 7) is 4.06. The largest absolute Gasteiger partial charge is 0.508 e. The molecule has 25 heavy (non-hydrogen) atoms. The molecule has 0 aromatic heterocycles. The van der Waals surface area contributed by atoms with E-state index in [0.717, 1.165) is 23.4 Å². The van der Waals surface area contributed by atoms with Gasteiger partial charge in [0.2, 0.25) is 0 Å². The number of piperazine rings is 1. The number of hydrogen-bond donors (Lipinski definition) is 2. The molecule has 2 aromatic carbocycles. The predicted octanol–water partition coefficient (Wildman–Crippen LogP) is 2.49. The van der Waals surface area contributed by atoms with Gasteiger partial charge in [0, 0.05) is 13.1 Å². The number of hydrogen-bond acceptors (Lipinski definition) is 4. The van der Waals surface area contributed by atoms with Crippen molar-refractivity contribution < 1.29 is 9.90 Å². The van der Waals surface area contributed by atoms with E-state index in [1.165, 1.54) is 5.56 Å². The number of nitrogens with one attached hydrogen (secondary N) is 1. The van der Waals surface area contributed by atoms with Crippen LogP contribution in [0.3, 0.4) is 0 Å². The summed E-state index contributed by atoms with van der Waals surface area (Å²) in [7, 11) is 0. The van der Waals surface area contributed by atoms with E-state index < -0.39 is 0 Å². The highest BCUT2D eigenvalue weighted by Crippen LogP contribution is 2.28. The lowest BCUT2D eigenvalue weighted by atomic mass is 10.1. The third-order valence-electron chi connectivity index (χ3n) is 4.76. The fourth-order valence-electron chi connectivity index (χ4n) is 3.30. The minimum Gasteiger partial charge on any atom is -0.508 e. The van der Waals surface area contributed by atoms with Crippen molar-refractivity contribution in [3.05, 3.63) is 77.0 Å². The van der Waals surface area contributed by atoms with Crippen LogP contribution in [0.25, 0.3) is 0 Å². The number of phenols is 1. The van der Waals surface area contributed by atoms with Crippen LogP contribution in [0.1, 0.15) is 22.7 Å². The van der Waals surface area contributed by atoms with Gasteiger partial charge in [0.1, 0.15) is 11.4 Å². The maximum absolute atomic E-state index is 12.8. The molecule has 2 aliphatic rings. The van der Waals surface area contributed by atoms with Gasteiger partial charge in [-0.25, -0.2) is 5.43 Å². The molecule has 5 heteroatoms. The van der Waals surface area contributed by atoms with Crippen LogP contribution in [0.15, 0.2) is 60.3 Å². The van der Waals surface area contributed by atoms with Crippen molar-refractivity contribution in [2.45, 2.75) is 19.5 Å². The molecule has 1 fully saturated rings. The quantitative estimate of drug-likeness (QED) is 0.905. The maximum atomic E-state index is 12.8. The van der Waals surface area contributed by atoms with Crippen LogP contribution in [-0.4, -0.2) is 34.0 Å². The number of nitrogens with zero attached hydrogens (tertiary/aromatic N) is 2. The minimum atomic E-state index is 0.0353. The standard InChI is InChI=1S/C20H21N3O2/c1-14-2-6-16(7-3-14)18-12-19-20(25)22(10-11-23(19)21-18)13-15-4-8-17(24)9-5-15/h2-9,12,18,21,24H,10-11,13H2,1H3. The van der Waals surface area contributed by atoms with Crippen LogP contribution in [0.4, 0.5) is 0 Å². The molecule has 2 heterocycles. The molecular formula is C20H21N3O2. The molecule has 0 saturated carbocycles. The van der Waals surface area contributed by atoms with Gasteiger partial charge in [0.25, 0.3) is 5.91 Å². The summed E-state index contributed by atoms with van der Waals surface area (Å²) in [4.78, 5) is 14.7. The second-order valence-corrected chi connectivity index (χ2v) is 6.61. The topological polar surface area (TPSA) is 55.8 Å². The van der Waals surface area contributed by atoms with E-state index in [0.29, 0.717) is 13.1 Å². The Kier molecular flexibility index (Phi) is 3.93. The van der Waals surface area contributed by atoms with Crippen LogP contribution >= 0.6 is 0 Å². The van der Waals surface area contributed by atoms with Crippen molar-refractivity contribution in [2.75, 3.05) is 13.1 Å². The van der Waals surface area contributed by atoms with E-state index in [4.69, 9.17) is 0 Å². The van der Waals surface area contributed by atoms with Crippen LogP contribution in [-0.2, 0) is 11.3 Å². The fourth-order valence-corrected chi connectivity index (χ4v) is 3.30. The number of aryl methyl sites for hydroxylation is 1. The second kappa shape index (κ2) is 6.26. The number of benzene rings is 2. The lowest BCUT2D eigenvalue weighted by molar-refractivity contribution is -0.132. The van der Waals surface area contributed by atoms with E-state index >= 15 is 0 Å². The van der Waals surface area contributed by atoms with Crippen LogP contribution in [0, 0.1) is 6.92 Å². The zero-order chi connectivity index (χ0) is 17.4. The van der Waals surface area contributed by atoms with Gasteiger partial charge in [0.15, 0.2) is 0 Å². The lowest BCUT2D eigenvalue weighted by Crippen LogP contribution is -2.50. The van der Waals surface area contributed by atoms with Crippen molar-refractivity contribution >= 4 is 5.91 Å². The second-order valence-electron chi connectivity index (χ2n) is 6.61. The molecule has 1 unspecified atom stereocenters. The molecule has 2 aromatic rings. The monoisotopic (exact) mass is 335 g/mol. The maximum Gasteiger partial charge on any atom is 0.271 e. The number of rotatable bonds is 3. The van der Waals surface area contributed by atoms with Gasteiger partial charge < -0.3 is 15.0 Å². The third kappa shape index (κ3) is 3.10. The third-order valence-corrected chi connectivity index (χ3v) is 4.76. The summed E-state index contributed by atoms with van der Waals surface area (Å²) in [6, 6.07) is 15.4. The number of carbonyl (C=O) groups is 1. The molecule has 0 bridgehead atoms. The summed E-state index contributed by atoms with van der Waals surface area (Å²) in [5.41, 5.74) is 7.53. The Morgan fingerprint density at radius 1 is 1.08 bits per heavy atom. The van der Waals surface area contributed by atoms with E-state index in [1.807, 2.05) is 28.1 Å². The summed E-state index contributed by atoms with van der Waals surface area (Å²) < 4.78 is 0. The van der Waals surface area contributed by atoms with Crippen molar-refractivity contribution in [2.24, 2.45) is 0 Å². The van der Waals surface area contributed by atoms with Crippen LogP contribution in [0.5, 0.6) is 5.75 Å². The smallest absolute Gasteiger partial charge is 0.271 e. The Hall–Kier alpha value is -2.79. The zero-order valence-corrected chi connectivity index (χ0v) is 14.1. The highest BCUT2D eigenvalue weighted by Gasteiger charge is 2.35. The lowest BCUT2D eigenvalue weighted by Gasteiger charge is -2.35. The molecule has 0 radical (unpaired) electrons. The van der Waals surface area contributed by atoms with E-state index in [9.17, 15) is 9.90 Å². The highest BCUT2D eigenvalue weighted by molar-refractivity contribution is 5.94. The highest BCUT2D eigenvalue weighted by atomic mass is 16.3. The normalized spacial score (nSPS) is 19.8. The summed E-state index contributed by atoms with van der Waals surface area (Å²) in [5.74, 6) is 0.282. The predicted molar refractivity (Wildman–Crippen MR) is 95.4 cm³/mol. The van der Waals surface area contributed by atoms with Crippen molar-refractivity contribution in [3.8, 4) is 5.75 Å². The Morgan fingerprint density at radius 2 is 1.80 bits per heavy atom. The van der Waals surface area contributed by atoms with E-state index in [2.05, 4.69) is 36.6 Å². The fraction of sp³-hybridized carbons (Fsp3) is 0.250. The molecule has 1 atom stereocenters. The van der Waals surface area contributed by atoms with Crippen LogP contribution < -0.4 is 5.43 Å². The average molecular weight is 335 g/mol. The van der Waals surface area contributed by atoms with Crippen LogP contribution in [0.2, 0.25) is 0 Å². The van der Waals surface area contributed by atoms with E-state index in [-0.39, 0.29) is 17.7 Å². The molecule has 0 aliphatic carbocycles. The molecule has 1 saturated heterocycles. The molecule has 4 rings (SSSR count). The number of fused-ring (bicyclic) bond motifs is 1. The molecule has 0 spiro atoms. The number of hydrazine groups is 1. The molecule has 2 N–H and O–H groups in total. The van der Waals surface area contributed by atoms with Gasteiger partial charge in [0.05, 0.1) is 12.6 Å². The molecule has 128 valence electrons. The first-order valence-electron chi connectivity index (χ1n) is 8.49. The van der Waals surface area contributed by atoms with Gasteiger partial charge in [-0.2, -0.15) is 0 Å². The Morgan fingerprint density at radius 3 is 2.52 bits per heavy atom. The SMILES string of the molecule is Cc1ccc(C2C=C3C(=O)N(Cc4ccc(O)cc4)CCN3N2)cc1. The Balaban J connectivity index is 1.51. The average Bonchev–Trinajstić information content (AvgIpc) is 3.05. The first kappa shape index (κ1) is 15.7. The summed E-state index contributed by atoms with van der Waals surface area (Å²) in [5, 5.41) is 11.3. The van der Waals surface area contributed by atoms with Gasteiger partial charge in [-0.3, -0.25) is 4.79 Å². The van der Waals surface area contributed by atoms with Gasteiger partial charge in [-0.05, 0) is 36.3 Å². The number of phenolic OH excluding ortho intramolecular Hbond substituents is 1. The number of amides is 1. The summed E-state index contributed by atoms with van der Waals surface area (Å²) >= 11 is 0. The van der Waals surface area contributed by atoms with E-state index in [1.54, 1.807) is 12.1 Å². The van der Waals surface area contributed by atoms with Gasteiger partial charge >= 0.3 is 0 Å². The molecule has 2 aliphatic heterocycles. The molecule has 1 amide bonds. The van der Waals surface area contributed by atoms with Crippen molar-refractivity contribution in [1.82, 2.24) is 15.3 Å². The number of carbonyl (C=O) groups excluding carboxylic acids is 1. The zero-order valence-electron chi connectivity index (χ0n) is 14.1. The van der Waals surface area contributed by atoms with Gasteiger partial charge in [-0.1, -0.05) is 42.0 Å². The van der Waals surface area contributed by atoms with Crippen molar-refractivity contribution in [3.63, 3.8) is 0 Å². The molecule has 5 nitrogen and oxygen atoms in total.